The van der Waals surface area contributed by atoms with E-state index in [4.69, 9.17) is 14.1 Å². The third-order valence-electron chi connectivity index (χ3n) is 5.32. The summed E-state index contributed by atoms with van der Waals surface area (Å²) >= 11 is 0. The van der Waals surface area contributed by atoms with Gasteiger partial charge in [-0.2, -0.15) is 0 Å². The minimum Gasteiger partial charge on any atom is -0.465 e. The Morgan fingerprint density at radius 2 is 1.71 bits per heavy atom. The van der Waals surface area contributed by atoms with E-state index in [0.717, 1.165) is 25.7 Å². The molecular weight excluding hydrogens is 304 g/mol. The van der Waals surface area contributed by atoms with Gasteiger partial charge < -0.3 is 9.15 Å². The highest BCUT2D eigenvalue weighted by Crippen LogP contribution is 2.27. The molecule has 0 saturated heterocycles. The molecule has 2 fully saturated rings. The topological polar surface area (TPSA) is 56.7 Å². The van der Waals surface area contributed by atoms with Crippen LogP contribution >= 0.6 is 0 Å². The molecule has 2 aliphatic rings. The molecule has 2 saturated carbocycles. The lowest BCUT2D eigenvalue weighted by atomic mass is 9.95. The van der Waals surface area contributed by atoms with E-state index in [0.29, 0.717) is 23.8 Å². The summed E-state index contributed by atoms with van der Waals surface area (Å²) in [6.45, 7) is 4.18. The second kappa shape index (κ2) is 8.04. The Morgan fingerprint density at radius 3 is 2.33 bits per heavy atom. The van der Waals surface area contributed by atoms with Crippen LogP contribution in [0.5, 0.6) is 5.95 Å². The summed E-state index contributed by atoms with van der Waals surface area (Å²) in [6.07, 6.45) is 11.6. The summed E-state index contributed by atoms with van der Waals surface area (Å²) < 4.78 is 13.4. The Kier molecular flexibility index (Phi) is 5.80. The molecular formula is C19H30N2O3. The van der Waals surface area contributed by atoms with E-state index in [1.54, 1.807) is 6.92 Å². The van der Waals surface area contributed by atoms with Gasteiger partial charge in [-0.1, -0.05) is 38.5 Å². The Balaban J connectivity index is 2.08. The molecule has 1 aromatic heterocycles. The average molecular weight is 334 g/mol. The van der Waals surface area contributed by atoms with Gasteiger partial charge in [0.2, 0.25) is 0 Å². The summed E-state index contributed by atoms with van der Waals surface area (Å²) in [4.78, 5) is 17.8. The van der Waals surface area contributed by atoms with Crippen LogP contribution in [-0.2, 0) is 0 Å². The predicted molar refractivity (Wildman–Crippen MR) is 93.4 cm³/mol. The van der Waals surface area contributed by atoms with E-state index < -0.39 is 0 Å². The van der Waals surface area contributed by atoms with E-state index in [9.17, 15) is 4.79 Å². The van der Waals surface area contributed by atoms with Crippen molar-refractivity contribution in [3.05, 3.63) is 21.6 Å². The third-order valence-corrected chi connectivity index (χ3v) is 5.32. The van der Waals surface area contributed by atoms with Gasteiger partial charge >= 0.3 is 5.68 Å². The predicted octanol–water partition coefficient (Wildman–Crippen LogP) is 3.89. The Hall–Kier alpha value is -1.52. The summed E-state index contributed by atoms with van der Waals surface area (Å²) in [5, 5.41) is 0. The molecule has 24 heavy (non-hydrogen) atoms. The lowest BCUT2D eigenvalue weighted by Crippen LogP contribution is -2.39. The van der Waals surface area contributed by atoms with Crippen LogP contribution in [0.25, 0.3) is 0 Å². The molecule has 3 rings (SSSR count). The minimum atomic E-state index is 0.00570. The molecule has 134 valence electrons. The largest absolute Gasteiger partial charge is 0.465 e. The van der Waals surface area contributed by atoms with Crippen LogP contribution in [0.4, 0.5) is 0 Å². The van der Waals surface area contributed by atoms with Crippen molar-refractivity contribution in [3.8, 4) is 5.95 Å². The number of aromatic nitrogens is 1. The van der Waals surface area contributed by atoms with Gasteiger partial charge in [-0.15, -0.1) is 0 Å². The van der Waals surface area contributed by atoms with Gasteiger partial charge in [-0.25, -0.2) is 4.99 Å². The first kappa shape index (κ1) is 17.3. The molecule has 1 heterocycles. The van der Waals surface area contributed by atoms with Crippen LogP contribution in [0.3, 0.4) is 0 Å². The molecule has 2 aliphatic carbocycles. The second-order valence-electron chi connectivity index (χ2n) is 7.12. The minimum absolute atomic E-state index is 0.00570. The lowest BCUT2D eigenvalue weighted by molar-refractivity contribution is 0.203. The standard InChI is InChI=1S/C19H30N2O3/c1-3-23-18-14(2)17(22)21(16-12-8-5-9-13-16)19(24-18)20-15-10-6-4-7-11-15/h15-16H,3-13H2,1-2H3. The molecule has 0 unspecified atom stereocenters. The van der Waals surface area contributed by atoms with E-state index in [2.05, 4.69) is 0 Å². The molecule has 0 N–H and O–H groups in total. The Labute approximate surface area is 143 Å². The van der Waals surface area contributed by atoms with Crippen molar-refractivity contribution in [2.75, 3.05) is 6.61 Å². The van der Waals surface area contributed by atoms with Gasteiger partial charge in [0.05, 0.1) is 18.2 Å². The Bertz CT molecular complexity index is 662. The van der Waals surface area contributed by atoms with E-state index in [1.807, 2.05) is 11.5 Å². The van der Waals surface area contributed by atoms with Crippen molar-refractivity contribution in [1.29, 1.82) is 0 Å². The number of hydrogen-bond acceptors (Lipinski definition) is 4. The van der Waals surface area contributed by atoms with Gasteiger partial charge in [-0.05, 0) is 39.5 Å². The number of rotatable bonds is 4. The van der Waals surface area contributed by atoms with Crippen molar-refractivity contribution in [2.45, 2.75) is 90.1 Å². The van der Waals surface area contributed by atoms with Crippen LogP contribution in [0.1, 0.15) is 82.7 Å². The van der Waals surface area contributed by atoms with Crippen molar-refractivity contribution in [3.63, 3.8) is 0 Å². The highest BCUT2D eigenvalue weighted by molar-refractivity contribution is 5.17. The van der Waals surface area contributed by atoms with Crippen molar-refractivity contribution in [1.82, 2.24) is 4.57 Å². The summed E-state index contributed by atoms with van der Waals surface area (Å²) in [7, 11) is 0. The molecule has 0 spiro atoms. The molecule has 0 bridgehead atoms. The molecule has 1 aromatic rings. The molecule has 0 aromatic carbocycles. The van der Waals surface area contributed by atoms with E-state index in [1.165, 1.54) is 38.5 Å². The zero-order valence-corrected chi connectivity index (χ0v) is 15.1. The van der Waals surface area contributed by atoms with Gasteiger partial charge in [-0.3, -0.25) is 9.36 Å². The van der Waals surface area contributed by atoms with Crippen LogP contribution in [0.2, 0.25) is 0 Å². The summed E-state index contributed by atoms with van der Waals surface area (Å²) in [5.74, 6) is 0.337. The molecule has 0 amide bonds. The van der Waals surface area contributed by atoms with Crippen molar-refractivity contribution < 1.29 is 9.15 Å². The monoisotopic (exact) mass is 334 g/mol. The van der Waals surface area contributed by atoms with Gasteiger partial charge in [0.15, 0.2) is 0 Å². The van der Waals surface area contributed by atoms with E-state index in [-0.39, 0.29) is 17.6 Å². The quantitative estimate of drug-likeness (QED) is 0.839. The highest BCUT2D eigenvalue weighted by atomic mass is 16.6. The van der Waals surface area contributed by atoms with Crippen LogP contribution in [0.15, 0.2) is 14.2 Å². The highest BCUT2D eigenvalue weighted by Gasteiger charge is 2.23. The fourth-order valence-corrected chi connectivity index (χ4v) is 3.95. The van der Waals surface area contributed by atoms with Crippen LogP contribution < -0.4 is 16.0 Å². The molecule has 0 radical (unpaired) electrons. The summed E-state index contributed by atoms with van der Waals surface area (Å²) in [6, 6.07) is 0.487. The van der Waals surface area contributed by atoms with Crippen LogP contribution in [0, 0.1) is 6.92 Å². The average Bonchev–Trinajstić information content (AvgIpc) is 2.61. The second-order valence-corrected chi connectivity index (χ2v) is 7.12. The lowest BCUT2D eigenvalue weighted by Gasteiger charge is -2.25. The number of hydrogen-bond donors (Lipinski definition) is 0. The van der Waals surface area contributed by atoms with Crippen molar-refractivity contribution >= 4 is 0 Å². The van der Waals surface area contributed by atoms with Crippen molar-refractivity contribution in [2.24, 2.45) is 4.99 Å². The fraction of sp³-hybridized carbons (Fsp3) is 0.789. The van der Waals surface area contributed by atoms with Gasteiger partial charge in [0, 0.05) is 6.04 Å². The molecule has 5 nitrogen and oxygen atoms in total. The number of ether oxygens (including phenoxy) is 1. The first-order valence-electron chi connectivity index (χ1n) is 9.63. The first-order chi connectivity index (χ1) is 11.7. The maximum Gasteiger partial charge on any atom is 0.302 e. The third kappa shape index (κ3) is 3.76. The first-order valence-corrected chi connectivity index (χ1v) is 9.63. The molecule has 5 heteroatoms. The zero-order valence-electron chi connectivity index (χ0n) is 15.1. The number of nitrogens with zero attached hydrogens (tertiary/aromatic N) is 2. The van der Waals surface area contributed by atoms with Gasteiger partial charge in [0.1, 0.15) is 0 Å². The van der Waals surface area contributed by atoms with Gasteiger partial charge in [0.25, 0.3) is 11.5 Å². The fourth-order valence-electron chi connectivity index (χ4n) is 3.95. The molecule has 0 aliphatic heterocycles. The maximum atomic E-state index is 13.0. The smallest absolute Gasteiger partial charge is 0.302 e. The maximum absolute atomic E-state index is 13.0. The Morgan fingerprint density at radius 1 is 1.08 bits per heavy atom. The SMILES string of the molecule is CCOc1oc(=NC2CCCCC2)n(C2CCCCC2)c(=O)c1C. The zero-order chi connectivity index (χ0) is 16.9. The molecule has 0 atom stereocenters. The van der Waals surface area contributed by atoms with Crippen LogP contribution in [-0.4, -0.2) is 17.2 Å². The summed E-state index contributed by atoms with van der Waals surface area (Å²) in [5.41, 5.74) is 1.05. The normalized spacial score (nSPS) is 21.2. The van der Waals surface area contributed by atoms with E-state index >= 15 is 0 Å².